The van der Waals surface area contributed by atoms with Gasteiger partial charge in [-0.25, -0.2) is 0 Å². The number of aromatic amines is 1. The Morgan fingerprint density at radius 2 is 2.00 bits per heavy atom. The second kappa shape index (κ2) is 10.6. The van der Waals surface area contributed by atoms with Crippen LogP contribution in [0.1, 0.15) is 40.0 Å². The van der Waals surface area contributed by atoms with Gasteiger partial charge in [-0.1, -0.05) is 24.3 Å². The van der Waals surface area contributed by atoms with Gasteiger partial charge in [0.05, 0.1) is 5.57 Å². The van der Waals surface area contributed by atoms with E-state index in [4.69, 9.17) is 4.74 Å². The number of carbonyl (C=O) groups excluding carboxylic acids is 2. The summed E-state index contributed by atoms with van der Waals surface area (Å²) in [6, 6.07) is 12.8. The van der Waals surface area contributed by atoms with Crippen molar-refractivity contribution in [2.24, 2.45) is 5.92 Å². The maximum Gasteiger partial charge on any atom is 0.263 e. The third-order valence-corrected chi connectivity index (χ3v) is 6.50. The molecule has 8 nitrogen and oxygen atoms in total. The summed E-state index contributed by atoms with van der Waals surface area (Å²) in [7, 11) is 0. The van der Waals surface area contributed by atoms with Crippen LogP contribution in [0.25, 0.3) is 17.7 Å². The molecule has 2 aliphatic rings. The minimum atomic E-state index is -0.397. The molecule has 3 aromatic rings. The van der Waals surface area contributed by atoms with E-state index >= 15 is 0 Å². The number of rotatable bonds is 7. The molecule has 1 aromatic carbocycles. The number of hydrogen-bond donors (Lipinski definition) is 3. The molecule has 0 atom stereocenters. The number of nitrogens with one attached hydrogen (secondary N) is 3. The Hall–Kier alpha value is -4.17. The van der Waals surface area contributed by atoms with Gasteiger partial charge >= 0.3 is 0 Å². The molecule has 1 fully saturated rings. The SMILES string of the molecule is O=C1Nc2cc(/C=C/CNC(=O)c3cccn(CC4CCOCC4)c3=O)ccc2/C1=C/c1ccc[nH]1. The van der Waals surface area contributed by atoms with Crippen LogP contribution in [0.4, 0.5) is 5.69 Å². The van der Waals surface area contributed by atoms with Crippen LogP contribution in [-0.2, 0) is 16.1 Å². The fraction of sp³-hybridized carbons (Fsp3) is 0.250. The molecule has 0 saturated carbocycles. The van der Waals surface area contributed by atoms with Crippen LogP contribution in [0.2, 0.25) is 0 Å². The molecule has 5 rings (SSSR count). The number of ether oxygens (including phenoxy) is 1. The van der Waals surface area contributed by atoms with Crippen molar-refractivity contribution in [1.82, 2.24) is 14.9 Å². The zero-order valence-corrected chi connectivity index (χ0v) is 19.8. The number of H-pyrrole nitrogens is 1. The molecule has 36 heavy (non-hydrogen) atoms. The van der Waals surface area contributed by atoms with Gasteiger partial charge in [-0.15, -0.1) is 0 Å². The Balaban J connectivity index is 1.20. The van der Waals surface area contributed by atoms with E-state index in [-0.39, 0.29) is 23.6 Å². The summed E-state index contributed by atoms with van der Waals surface area (Å²) in [5, 5.41) is 5.69. The van der Waals surface area contributed by atoms with Crippen molar-refractivity contribution in [3.05, 3.63) is 93.7 Å². The number of carbonyl (C=O) groups is 2. The molecule has 184 valence electrons. The average Bonchev–Trinajstić information content (AvgIpc) is 3.51. The molecular weight excluding hydrogens is 456 g/mol. The van der Waals surface area contributed by atoms with Crippen molar-refractivity contribution in [1.29, 1.82) is 0 Å². The maximum absolute atomic E-state index is 12.8. The molecule has 0 unspecified atom stereocenters. The van der Waals surface area contributed by atoms with Crippen molar-refractivity contribution in [3.8, 4) is 0 Å². The minimum Gasteiger partial charge on any atom is -0.381 e. The number of aromatic nitrogens is 2. The highest BCUT2D eigenvalue weighted by Crippen LogP contribution is 2.33. The van der Waals surface area contributed by atoms with E-state index in [1.807, 2.05) is 54.8 Å². The first kappa shape index (κ1) is 23.6. The second-order valence-corrected chi connectivity index (χ2v) is 8.99. The quantitative estimate of drug-likeness (QED) is 0.446. The zero-order chi connectivity index (χ0) is 24.9. The molecule has 2 aliphatic heterocycles. The molecule has 2 amide bonds. The van der Waals surface area contributed by atoms with Crippen molar-refractivity contribution in [2.75, 3.05) is 25.1 Å². The lowest BCUT2D eigenvalue weighted by Crippen LogP contribution is -2.34. The second-order valence-electron chi connectivity index (χ2n) is 8.99. The summed E-state index contributed by atoms with van der Waals surface area (Å²) in [5.41, 5.74) is 3.83. The number of hydrogen-bond acceptors (Lipinski definition) is 4. The lowest BCUT2D eigenvalue weighted by Gasteiger charge is -2.22. The molecule has 0 spiro atoms. The summed E-state index contributed by atoms with van der Waals surface area (Å²) in [4.78, 5) is 40.9. The van der Waals surface area contributed by atoms with Crippen LogP contribution in [0, 0.1) is 5.92 Å². The van der Waals surface area contributed by atoms with E-state index < -0.39 is 5.91 Å². The lowest BCUT2D eigenvalue weighted by molar-refractivity contribution is -0.110. The van der Waals surface area contributed by atoms with Crippen molar-refractivity contribution in [2.45, 2.75) is 19.4 Å². The van der Waals surface area contributed by atoms with Crippen LogP contribution >= 0.6 is 0 Å². The maximum atomic E-state index is 12.8. The number of fused-ring (bicyclic) bond motifs is 1. The highest BCUT2D eigenvalue weighted by Gasteiger charge is 2.24. The molecule has 0 radical (unpaired) electrons. The first-order valence-corrected chi connectivity index (χ1v) is 12.1. The number of amides is 2. The molecule has 1 saturated heterocycles. The van der Waals surface area contributed by atoms with Gasteiger partial charge in [0.25, 0.3) is 17.4 Å². The molecule has 8 heteroatoms. The Bertz CT molecular complexity index is 1380. The van der Waals surface area contributed by atoms with Crippen LogP contribution < -0.4 is 16.2 Å². The highest BCUT2D eigenvalue weighted by molar-refractivity contribution is 6.34. The van der Waals surface area contributed by atoms with E-state index in [1.54, 1.807) is 22.9 Å². The van der Waals surface area contributed by atoms with Crippen LogP contribution in [-0.4, -0.2) is 41.1 Å². The van der Waals surface area contributed by atoms with Crippen molar-refractivity contribution >= 4 is 35.2 Å². The molecule has 2 aromatic heterocycles. The van der Waals surface area contributed by atoms with Gasteiger partial charge < -0.3 is 24.9 Å². The van der Waals surface area contributed by atoms with Gasteiger partial charge in [-0.2, -0.15) is 0 Å². The van der Waals surface area contributed by atoms with Gasteiger partial charge in [0.1, 0.15) is 5.56 Å². The third kappa shape index (κ3) is 5.23. The van der Waals surface area contributed by atoms with Crippen LogP contribution in [0.15, 0.2) is 65.7 Å². The zero-order valence-electron chi connectivity index (χ0n) is 19.8. The highest BCUT2D eigenvalue weighted by atomic mass is 16.5. The summed E-state index contributed by atoms with van der Waals surface area (Å²) >= 11 is 0. The van der Waals surface area contributed by atoms with Crippen LogP contribution in [0.3, 0.4) is 0 Å². The van der Waals surface area contributed by atoms with Gasteiger partial charge in [-0.05, 0) is 60.7 Å². The number of benzene rings is 1. The smallest absolute Gasteiger partial charge is 0.263 e. The largest absolute Gasteiger partial charge is 0.381 e. The predicted octanol–water partition coefficient (Wildman–Crippen LogP) is 3.54. The summed E-state index contributed by atoms with van der Waals surface area (Å²) < 4.78 is 7.01. The normalized spacial score (nSPS) is 16.9. The van der Waals surface area contributed by atoms with E-state index in [1.165, 1.54) is 0 Å². The van der Waals surface area contributed by atoms with Gasteiger partial charge in [0.2, 0.25) is 0 Å². The minimum absolute atomic E-state index is 0.139. The third-order valence-electron chi connectivity index (χ3n) is 6.50. The Kier molecular flexibility index (Phi) is 6.95. The fourth-order valence-corrected chi connectivity index (χ4v) is 4.55. The Labute approximate surface area is 208 Å². The molecule has 3 N–H and O–H groups in total. The van der Waals surface area contributed by atoms with Gasteiger partial charge in [0, 0.05) is 55.6 Å². The Morgan fingerprint density at radius 3 is 2.81 bits per heavy atom. The molecule has 0 bridgehead atoms. The number of anilines is 1. The lowest BCUT2D eigenvalue weighted by atomic mass is 10.0. The summed E-state index contributed by atoms with van der Waals surface area (Å²) in [6.45, 7) is 2.30. The first-order chi connectivity index (χ1) is 17.6. The van der Waals surface area contributed by atoms with Gasteiger partial charge in [0.15, 0.2) is 0 Å². The number of nitrogens with zero attached hydrogens (tertiary/aromatic N) is 1. The van der Waals surface area contributed by atoms with E-state index in [2.05, 4.69) is 15.6 Å². The summed E-state index contributed by atoms with van der Waals surface area (Å²) in [5.74, 6) is -0.153. The van der Waals surface area contributed by atoms with Crippen molar-refractivity contribution < 1.29 is 14.3 Å². The topological polar surface area (TPSA) is 105 Å². The van der Waals surface area contributed by atoms with Gasteiger partial charge in [-0.3, -0.25) is 14.4 Å². The average molecular weight is 485 g/mol. The molecular formula is C28H28N4O4. The first-order valence-electron chi connectivity index (χ1n) is 12.1. The Morgan fingerprint density at radius 1 is 1.14 bits per heavy atom. The van der Waals surface area contributed by atoms with Crippen molar-refractivity contribution in [3.63, 3.8) is 0 Å². The fourth-order valence-electron chi connectivity index (χ4n) is 4.55. The molecule has 0 aliphatic carbocycles. The predicted molar refractivity (Wildman–Crippen MR) is 139 cm³/mol. The monoisotopic (exact) mass is 484 g/mol. The standard InChI is InChI=1S/C28H28N4O4/c33-26(23-6-3-13-32(28(23)35)18-20-9-14-36-15-10-20)30-12-1-4-19-7-8-22-24(17-21-5-2-11-29-21)27(34)31-25(22)16-19/h1-8,11,13,16-17,20,29H,9-10,12,14-15,18H2,(H,30,33)(H,31,34)/b4-1+,24-17-. The van der Waals surface area contributed by atoms with E-state index in [0.29, 0.717) is 31.2 Å². The van der Waals surface area contributed by atoms with E-state index in [0.717, 1.165) is 35.3 Å². The summed E-state index contributed by atoms with van der Waals surface area (Å²) in [6.07, 6.45) is 10.9. The van der Waals surface area contributed by atoms with E-state index in [9.17, 15) is 14.4 Å². The molecule has 4 heterocycles. The number of pyridine rings is 1. The van der Waals surface area contributed by atoms with Crippen LogP contribution in [0.5, 0.6) is 0 Å².